The van der Waals surface area contributed by atoms with Crippen molar-refractivity contribution in [1.82, 2.24) is 9.71 Å². The zero-order valence-electron chi connectivity index (χ0n) is 8.60. The van der Waals surface area contributed by atoms with Crippen LogP contribution < -0.4 is 4.72 Å². The highest BCUT2D eigenvalue weighted by Gasteiger charge is 2.22. The van der Waals surface area contributed by atoms with E-state index >= 15 is 0 Å². The summed E-state index contributed by atoms with van der Waals surface area (Å²) < 4.78 is 25.9. The second-order valence-electron chi connectivity index (χ2n) is 3.08. The molecule has 1 rings (SSSR count). The highest BCUT2D eigenvalue weighted by molar-refractivity contribution is 7.91. The molecule has 1 N–H and O–H groups in total. The molecule has 0 radical (unpaired) electrons. The van der Waals surface area contributed by atoms with E-state index in [4.69, 9.17) is 5.26 Å². The van der Waals surface area contributed by atoms with E-state index in [-0.39, 0.29) is 4.21 Å². The van der Waals surface area contributed by atoms with Gasteiger partial charge in [0.15, 0.2) is 4.21 Å². The van der Waals surface area contributed by atoms with E-state index in [9.17, 15) is 8.42 Å². The summed E-state index contributed by atoms with van der Waals surface area (Å²) in [4.78, 5) is 4.03. The molecule has 15 heavy (non-hydrogen) atoms. The van der Waals surface area contributed by atoms with Gasteiger partial charge in [0.1, 0.15) is 6.04 Å². The lowest BCUT2D eigenvalue weighted by molar-refractivity contribution is 0.578. The van der Waals surface area contributed by atoms with Gasteiger partial charge in [-0.3, -0.25) is 0 Å². The number of hydrogen-bond acceptors (Lipinski definition) is 5. The molecule has 0 aliphatic carbocycles. The molecule has 0 unspecified atom stereocenters. The van der Waals surface area contributed by atoms with Crippen molar-refractivity contribution in [3.8, 4) is 6.07 Å². The molecule has 0 aromatic carbocycles. The predicted octanol–water partition coefficient (Wildman–Crippen LogP) is 0.950. The fraction of sp³-hybridized carbons (Fsp3) is 0.500. The van der Waals surface area contributed by atoms with Crippen molar-refractivity contribution in [3.05, 3.63) is 10.7 Å². The van der Waals surface area contributed by atoms with Crippen LogP contribution in [-0.4, -0.2) is 19.4 Å². The van der Waals surface area contributed by atoms with Gasteiger partial charge in [0, 0.05) is 0 Å². The molecular weight excluding hydrogens is 234 g/mol. The van der Waals surface area contributed by atoms with Gasteiger partial charge in [-0.1, -0.05) is 0 Å². The minimum Gasteiger partial charge on any atom is -0.245 e. The van der Waals surface area contributed by atoms with Crippen molar-refractivity contribution in [1.29, 1.82) is 5.26 Å². The summed E-state index contributed by atoms with van der Waals surface area (Å²) in [5.41, 5.74) is 0.468. The zero-order valence-corrected chi connectivity index (χ0v) is 10.2. The molecule has 0 saturated carbocycles. The first kappa shape index (κ1) is 12.1. The van der Waals surface area contributed by atoms with Crippen LogP contribution in [0.2, 0.25) is 0 Å². The lowest BCUT2D eigenvalue weighted by Crippen LogP contribution is -2.31. The van der Waals surface area contributed by atoms with Crippen LogP contribution in [0.1, 0.15) is 17.6 Å². The maximum absolute atomic E-state index is 11.7. The minimum atomic E-state index is -3.60. The SMILES string of the molecule is Cc1nc(C)c(S(=O)(=O)N[C@@H](C)C#N)s1. The second-order valence-corrected chi connectivity index (χ2v) is 6.19. The molecule has 1 heterocycles. The molecule has 0 saturated heterocycles. The van der Waals surface area contributed by atoms with Gasteiger partial charge < -0.3 is 0 Å². The molecule has 82 valence electrons. The van der Waals surface area contributed by atoms with E-state index in [0.29, 0.717) is 10.7 Å². The third-order valence-corrected chi connectivity index (χ3v) is 4.85. The number of aryl methyl sites for hydroxylation is 2. The summed E-state index contributed by atoms with van der Waals surface area (Å²) in [6, 6.07) is 1.07. The molecule has 1 aromatic rings. The Morgan fingerprint density at radius 2 is 2.13 bits per heavy atom. The first-order valence-electron chi connectivity index (χ1n) is 4.23. The molecule has 0 aliphatic heterocycles. The first-order valence-corrected chi connectivity index (χ1v) is 6.53. The van der Waals surface area contributed by atoms with Crippen molar-refractivity contribution < 1.29 is 8.42 Å². The van der Waals surface area contributed by atoms with Crippen LogP contribution in [0.4, 0.5) is 0 Å². The van der Waals surface area contributed by atoms with Crippen molar-refractivity contribution in [2.24, 2.45) is 0 Å². The summed E-state index contributed by atoms with van der Waals surface area (Å²) in [7, 11) is -3.60. The van der Waals surface area contributed by atoms with Gasteiger partial charge in [-0.2, -0.15) is 9.98 Å². The molecule has 1 atom stereocenters. The van der Waals surface area contributed by atoms with Gasteiger partial charge >= 0.3 is 0 Å². The topological polar surface area (TPSA) is 82.8 Å². The Hall–Kier alpha value is -0.970. The van der Waals surface area contributed by atoms with Crippen molar-refractivity contribution in [2.75, 3.05) is 0 Å². The number of sulfonamides is 1. The molecule has 0 aliphatic rings. The van der Waals surface area contributed by atoms with E-state index in [0.717, 1.165) is 11.3 Å². The van der Waals surface area contributed by atoms with Crippen molar-refractivity contribution in [2.45, 2.75) is 31.0 Å². The maximum atomic E-state index is 11.7. The molecule has 5 nitrogen and oxygen atoms in total. The number of thiazole rings is 1. The normalized spacial score (nSPS) is 13.5. The summed E-state index contributed by atoms with van der Waals surface area (Å²) >= 11 is 1.10. The van der Waals surface area contributed by atoms with Crippen molar-refractivity contribution in [3.63, 3.8) is 0 Å². The van der Waals surface area contributed by atoms with Gasteiger partial charge in [0.25, 0.3) is 10.0 Å². The Morgan fingerprint density at radius 1 is 1.53 bits per heavy atom. The Kier molecular flexibility index (Phi) is 3.44. The monoisotopic (exact) mass is 245 g/mol. The summed E-state index contributed by atoms with van der Waals surface area (Å²) in [6.07, 6.45) is 0. The number of rotatable bonds is 3. The van der Waals surface area contributed by atoms with E-state index in [1.165, 1.54) is 6.92 Å². The van der Waals surface area contributed by atoms with Crippen molar-refractivity contribution >= 4 is 21.4 Å². The molecular formula is C8H11N3O2S2. The number of hydrogen-bond donors (Lipinski definition) is 1. The molecule has 7 heteroatoms. The van der Waals surface area contributed by atoms with Gasteiger partial charge in [-0.25, -0.2) is 13.4 Å². The average Bonchev–Trinajstić information content (AvgIpc) is 2.45. The number of aromatic nitrogens is 1. The predicted molar refractivity (Wildman–Crippen MR) is 57.0 cm³/mol. The smallest absolute Gasteiger partial charge is 0.245 e. The largest absolute Gasteiger partial charge is 0.253 e. The molecule has 0 spiro atoms. The van der Waals surface area contributed by atoms with Gasteiger partial charge in [-0.05, 0) is 20.8 Å². The summed E-state index contributed by atoms with van der Waals surface area (Å²) in [5, 5.41) is 9.22. The molecule has 1 aromatic heterocycles. The third-order valence-electron chi connectivity index (χ3n) is 1.63. The summed E-state index contributed by atoms with van der Waals surface area (Å²) in [5.74, 6) is 0. The Balaban J connectivity index is 3.08. The number of nitrogens with one attached hydrogen (secondary N) is 1. The standard InChI is InChI=1S/C8H11N3O2S2/c1-5(4-9)11-15(12,13)8-6(2)10-7(3)14-8/h5,11H,1-3H3/t5-/m0/s1. The average molecular weight is 245 g/mol. The number of nitriles is 1. The molecule has 0 amide bonds. The van der Waals surface area contributed by atoms with Gasteiger partial charge in [0.2, 0.25) is 0 Å². The van der Waals surface area contributed by atoms with E-state index in [2.05, 4.69) is 9.71 Å². The lowest BCUT2D eigenvalue weighted by Gasteiger charge is -2.05. The number of nitrogens with zero attached hydrogens (tertiary/aromatic N) is 2. The van der Waals surface area contributed by atoms with Crippen LogP contribution in [0.5, 0.6) is 0 Å². The Bertz CT molecular complexity index is 498. The lowest BCUT2D eigenvalue weighted by atomic mass is 10.4. The molecule has 0 bridgehead atoms. The Labute approximate surface area is 92.8 Å². The third kappa shape index (κ3) is 2.75. The van der Waals surface area contributed by atoms with E-state index in [1.807, 2.05) is 6.07 Å². The fourth-order valence-electron chi connectivity index (χ4n) is 1.07. The van der Waals surface area contributed by atoms with E-state index < -0.39 is 16.1 Å². The Morgan fingerprint density at radius 3 is 2.53 bits per heavy atom. The van der Waals surface area contributed by atoms with Crippen LogP contribution in [0.3, 0.4) is 0 Å². The van der Waals surface area contributed by atoms with Crippen LogP contribution in [0, 0.1) is 25.2 Å². The quantitative estimate of drug-likeness (QED) is 0.859. The van der Waals surface area contributed by atoms with Crippen LogP contribution in [0.15, 0.2) is 4.21 Å². The molecule has 0 fully saturated rings. The van der Waals surface area contributed by atoms with Crippen LogP contribution in [0.25, 0.3) is 0 Å². The van der Waals surface area contributed by atoms with Gasteiger partial charge in [-0.15, -0.1) is 11.3 Å². The first-order chi connectivity index (χ1) is 6.86. The van der Waals surface area contributed by atoms with Gasteiger partial charge in [0.05, 0.1) is 16.8 Å². The highest BCUT2D eigenvalue weighted by atomic mass is 32.2. The minimum absolute atomic E-state index is 0.182. The second kappa shape index (κ2) is 4.26. The van der Waals surface area contributed by atoms with Crippen LogP contribution in [-0.2, 0) is 10.0 Å². The van der Waals surface area contributed by atoms with E-state index in [1.54, 1.807) is 13.8 Å². The fourth-order valence-corrected chi connectivity index (χ4v) is 3.72. The van der Waals surface area contributed by atoms with Crippen LogP contribution >= 0.6 is 11.3 Å². The highest BCUT2D eigenvalue weighted by Crippen LogP contribution is 2.22. The maximum Gasteiger partial charge on any atom is 0.253 e. The zero-order chi connectivity index (χ0) is 11.6. The summed E-state index contributed by atoms with van der Waals surface area (Å²) in [6.45, 7) is 4.86.